The number of carbonyl (C=O) groups excluding carboxylic acids is 1. The highest BCUT2D eigenvalue weighted by Gasteiger charge is 2.09. The van der Waals surface area contributed by atoms with Crippen molar-refractivity contribution in [2.24, 2.45) is 0 Å². The highest BCUT2D eigenvalue weighted by molar-refractivity contribution is 9.10. The predicted octanol–water partition coefficient (Wildman–Crippen LogP) is 5.85. The number of halogens is 2. The average Bonchev–Trinajstić information content (AvgIpc) is 2.80. The van der Waals surface area contributed by atoms with E-state index in [2.05, 4.69) is 27.8 Å². The SMILES string of the molecule is CCCCCCCC(=O)Oc1cc2cc(Br)c(Cl)cc2[nH]1. The first-order valence-corrected chi connectivity index (χ1v) is 8.45. The fourth-order valence-electron chi connectivity index (χ4n) is 2.20. The minimum Gasteiger partial charge on any atom is -0.409 e. The fourth-order valence-corrected chi connectivity index (χ4v) is 2.73. The van der Waals surface area contributed by atoms with Crippen molar-refractivity contribution in [2.45, 2.75) is 45.4 Å². The zero-order chi connectivity index (χ0) is 15.2. The number of carbonyl (C=O) groups is 1. The van der Waals surface area contributed by atoms with Crippen LogP contribution in [0.1, 0.15) is 45.4 Å². The van der Waals surface area contributed by atoms with Crippen molar-refractivity contribution in [3.05, 3.63) is 27.7 Å². The number of benzene rings is 1. The zero-order valence-electron chi connectivity index (χ0n) is 12.0. The number of esters is 1. The van der Waals surface area contributed by atoms with E-state index in [0.717, 1.165) is 28.2 Å². The van der Waals surface area contributed by atoms with Crippen LogP contribution in [-0.4, -0.2) is 11.0 Å². The Kier molecular flexibility index (Phi) is 6.12. The topological polar surface area (TPSA) is 42.1 Å². The van der Waals surface area contributed by atoms with Crippen molar-refractivity contribution in [2.75, 3.05) is 0 Å². The van der Waals surface area contributed by atoms with E-state index in [0.29, 0.717) is 17.3 Å². The third-order valence-corrected chi connectivity index (χ3v) is 4.54. The van der Waals surface area contributed by atoms with E-state index in [1.807, 2.05) is 18.2 Å². The van der Waals surface area contributed by atoms with Gasteiger partial charge in [-0.1, -0.05) is 44.2 Å². The smallest absolute Gasteiger partial charge is 0.312 e. The molecule has 5 heteroatoms. The van der Waals surface area contributed by atoms with Crippen LogP contribution >= 0.6 is 27.5 Å². The van der Waals surface area contributed by atoms with E-state index in [1.54, 1.807) is 0 Å². The number of H-pyrrole nitrogens is 1. The highest BCUT2D eigenvalue weighted by Crippen LogP contribution is 2.30. The van der Waals surface area contributed by atoms with Gasteiger partial charge in [-0.05, 0) is 34.5 Å². The van der Waals surface area contributed by atoms with Crippen molar-refractivity contribution < 1.29 is 9.53 Å². The summed E-state index contributed by atoms with van der Waals surface area (Å²) < 4.78 is 6.16. The van der Waals surface area contributed by atoms with Gasteiger partial charge in [0.25, 0.3) is 0 Å². The Hall–Kier alpha value is -1.00. The van der Waals surface area contributed by atoms with Gasteiger partial charge in [-0.15, -0.1) is 0 Å². The summed E-state index contributed by atoms with van der Waals surface area (Å²) in [5, 5.41) is 1.58. The van der Waals surface area contributed by atoms with Crippen molar-refractivity contribution >= 4 is 44.4 Å². The molecule has 2 rings (SSSR count). The molecule has 0 aliphatic carbocycles. The van der Waals surface area contributed by atoms with Crippen LogP contribution in [0.2, 0.25) is 5.02 Å². The first kappa shape index (κ1) is 16.4. The molecule has 0 aliphatic rings. The van der Waals surface area contributed by atoms with Crippen LogP contribution in [0.3, 0.4) is 0 Å². The molecule has 1 heterocycles. The summed E-state index contributed by atoms with van der Waals surface area (Å²) in [6.45, 7) is 2.18. The molecule has 114 valence electrons. The fraction of sp³-hybridized carbons (Fsp3) is 0.438. The van der Waals surface area contributed by atoms with Crippen LogP contribution in [-0.2, 0) is 4.79 Å². The molecule has 0 fully saturated rings. The number of fused-ring (bicyclic) bond motifs is 1. The second-order valence-corrected chi connectivity index (χ2v) is 6.39. The van der Waals surface area contributed by atoms with Gasteiger partial charge in [0.1, 0.15) is 0 Å². The highest BCUT2D eigenvalue weighted by atomic mass is 79.9. The largest absolute Gasteiger partial charge is 0.409 e. The Morgan fingerprint density at radius 3 is 2.76 bits per heavy atom. The van der Waals surface area contributed by atoms with E-state index in [-0.39, 0.29) is 5.97 Å². The van der Waals surface area contributed by atoms with Crippen molar-refractivity contribution in [3.8, 4) is 5.88 Å². The van der Waals surface area contributed by atoms with Gasteiger partial charge in [0, 0.05) is 27.9 Å². The predicted molar refractivity (Wildman–Crippen MR) is 90.0 cm³/mol. The van der Waals surface area contributed by atoms with Crippen LogP contribution in [0.15, 0.2) is 22.7 Å². The maximum absolute atomic E-state index is 11.8. The van der Waals surface area contributed by atoms with Crippen molar-refractivity contribution in [1.82, 2.24) is 4.98 Å². The van der Waals surface area contributed by atoms with Gasteiger partial charge in [-0.3, -0.25) is 4.79 Å². The lowest BCUT2D eigenvalue weighted by molar-refractivity contribution is -0.134. The third kappa shape index (κ3) is 4.75. The maximum atomic E-state index is 11.8. The number of nitrogens with one attached hydrogen (secondary N) is 1. The number of aromatic amines is 1. The number of aromatic nitrogens is 1. The molecule has 21 heavy (non-hydrogen) atoms. The molecule has 0 radical (unpaired) electrons. The molecule has 1 aromatic carbocycles. The number of unbranched alkanes of at least 4 members (excludes halogenated alkanes) is 4. The van der Waals surface area contributed by atoms with Gasteiger partial charge in [-0.25, -0.2) is 0 Å². The molecule has 0 saturated heterocycles. The first-order chi connectivity index (χ1) is 10.1. The number of hydrogen-bond acceptors (Lipinski definition) is 2. The van der Waals surface area contributed by atoms with Gasteiger partial charge in [0.2, 0.25) is 5.88 Å². The summed E-state index contributed by atoms with van der Waals surface area (Å²) in [7, 11) is 0. The zero-order valence-corrected chi connectivity index (χ0v) is 14.4. The summed E-state index contributed by atoms with van der Waals surface area (Å²) >= 11 is 9.42. The molecule has 0 bridgehead atoms. The summed E-state index contributed by atoms with van der Waals surface area (Å²) in [6.07, 6.45) is 6.05. The first-order valence-electron chi connectivity index (χ1n) is 7.28. The van der Waals surface area contributed by atoms with E-state index < -0.39 is 0 Å². The maximum Gasteiger partial charge on any atom is 0.312 e. The molecule has 0 saturated carbocycles. The van der Waals surface area contributed by atoms with Gasteiger partial charge in [-0.2, -0.15) is 0 Å². The Labute approximate surface area is 138 Å². The Bertz CT molecular complexity index is 585. The van der Waals surface area contributed by atoms with Crippen molar-refractivity contribution in [1.29, 1.82) is 0 Å². The van der Waals surface area contributed by atoms with E-state index >= 15 is 0 Å². The molecule has 1 N–H and O–H groups in total. The quantitative estimate of drug-likeness (QED) is 0.489. The lowest BCUT2D eigenvalue weighted by Gasteiger charge is -2.01. The lowest BCUT2D eigenvalue weighted by atomic mass is 10.1. The molecule has 0 aliphatic heterocycles. The standard InChI is InChI=1S/C16H19BrClNO2/c1-2-3-4-5-6-7-16(20)21-15-9-11-8-12(17)13(18)10-14(11)19-15/h8-10,19H,2-7H2,1H3. The molecular weight excluding hydrogens is 354 g/mol. The van der Waals surface area contributed by atoms with Crippen LogP contribution in [0.5, 0.6) is 5.88 Å². The minimum absolute atomic E-state index is 0.191. The van der Waals surface area contributed by atoms with Gasteiger partial charge in [0.05, 0.1) is 5.02 Å². The normalized spacial score (nSPS) is 11.0. The third-order valence-electron chi connectivity index (χ3n) is 3.35. The molecular formula is C16H19BrClNO2. The molecule has 2 aromatic rings. The average molecular weight is 373 g/mol. The second-order valence-electron chi connectivity index (χ2n) is 5.13. The lowest BCUT2D eigenvalue weighted by Crippen LogP contribution is -2.07. The molecule has 3 nitrogen and oxygen atoms in total. The monoisotopic (exact) mass is 371 g/mol. The number of rotatable bonds is 7. The molecule has 0 spiro atoms. The molecule has 1 aromatic heterocycles. The minimum atomic E-state index is -0.191. The van der Waals surface area contributed by atoms with E-state index in [1.165, 1.54) is 19.3 Å². The Balaban J connectivity index is 1.89. The number of ether oxygens (including phenoxy) is 1. The molecule has 0 amide bonds. The molecule has 0 atom stereocenters. The summed E-state index contributed by atoms with van der Waals surface area (Å²) in [5.74, 6) is 0.279. The van der Waals surface area contributed by atoms with Crippen LogP contribution in [0.4, 0.5) is 0 Å². The number of hydrogen-bond donors (Lipinski definition) is 1. The van der Waals surface area contributed by atoms with Gasteiger partial charge >= 0.3 is 5.97 Å². The van der Waals surface area contributed by atoms with Crippen molar-refractivity contribution in [3.63, 3.8) is 0 Å². The van der Waals surface area contributed by atoms with Crippen LogP contribution in [0.25, 0.3) is 10.9 Å². The van der Waals surface area contributed by atoms with Gasteiger partial charge in [0.15, 0.2) is 0 Å². The molecule has 0 unspecified atom stereocenters. The Morgan fingerprint density at radius 2 is 2.00 bits per heavy atom. The van der Waals surface area contributed by atoms with E-state index in [4.69, 9.17) is 16.3 Å². The second kappa shape index (κ2) is 7.85. The summed E-state index contributed by atoms with van der Waals surface area (Å²) in [5.41, 5.74) is 0.856. The van der Waals surface area contributed by atoms with Crippen LogP contribution in [0, 0.1) is 0 Å². The van der Waals surface area contributed by atoms with E-state index in [9.17, 15) is 4.79 Å². The van der Waals surface area contributed by atoms with Crippen LogP contribution < -0.4 is 4.74 Å². The Morgan fingerprint density at radius 1 is 1.24 bits per heavy atom. The summed E-state index contributed by atoms with van der Waals surface area (Å²) in [6, 6.07) is 5.52. The summed E-state index contributed by atoms with van der Waals surface area (Å²) in [4.78, 5) is 14.8. The van der Waals surface area contributed by atoms with Gasteiger partial charge < -0.3 is 9.72 Å².